The molecule has 1 unspecified atom stereocenters. The molecule has 0 rings (SSSR count). The molecule has 1 atom stereocenters. The maximum atomic E-state index is 12.3. The van der Waals surface area contributed by atoms with E-state index in [2.05, 4.69) is 0 Å². The maximum absolute atomic E-state index is 12.3. The lowest BCUT2D eigenvalue weighted by molar-refractivity contribution is -0.113. The van der Waals surface area contributed by atoms with Crippen molar-refractivity contribution in [3.63, 3.8) is 0 Å². The fourth-order valence-corrected chi connectivity index (χ4v) is 0.597. The van der Waals surface area contributed by atoms with Crippen molar-refractivity contribution in [3.8, 4) is 24.7 Å². The largest absolute Gasteiger partial charge is 0.285 e. The van der Waals surface area contributed by atoms with E-state index in [-0.39, 0.29) is 18.6 Å². The average molecular weight is 152 g/mol. The van der Waals surface area contributed by atoms with Crippen LogP contribution >= 0.6 is 0 Å². The first-order chi connectivity index (χ1) is 5.20. The summed E-state index contributed by atoms with van der Waals surface area (Å²) in [4.78, 5) is 10.5. The molecule has 0 aromatic heterocycles. The van der Waals surface area contributed by atoms with Crippen molar-refractivity contribution in [1.82, 2.24) is 0 Å². The molecule has 0 aliphatic heterocycles. The summed E-state index contributed by atoms with van der Waals surface area (Å²) in [5, 5.41) is 0. The number of alkyl halides is 1. The van der Waals surface area contributed by atoms with Gasteiger partial charge >= 0.3 is 0 Å². The first kappa shape index (κ1) is 9.72. The zero-order valence-electron chi connectivity index (χ0n) is 6.14. The highest BCUT2D eigenvalue weighted by Gasteiger charge is 2.02. The van der Waals surface area contributed by atoms with Gasteiger partial charge in [0.05, 0.1) is 0 Å². The Morgan fingerprint density at radius 1 is 1.55 bits per heavy atom. The summed E-state index contributed by atoms with van der Waals surface area (Å²) < 4.78 is 12.3. The predicted octanol–water partition coefficient (Wildman–Crippen LogP) is 1.33. The Hall–Kier alpha value is -1.28. The molecule has 0 spiro atoms. The van der Waals surface area contributed by atoms with Gasteiger partial charge in [-0.15, -0.1) is 12.8 Å². The Morgan fingerprint density at radius 3 is 2.64 bits per heavy atom. The summed E-state index contributed by atoms with van der Waals surface area (Å²) in [6.07, 6.45) is 9.17. The third-order valence-electron chi connectivity index (χ3n) is 1.20. The van der Waals surface area contributed by atoms with Crippen molar-refractivity contribution in [2.45, 2.75) is 25.4 Å². The molecule has 2 heteroatoms. The summed E-state index contributed by atoms with van der Waals surface area (Å²) in [6, 6.07) is 0. The second-order valence-corrected chi connectivity index (χ2v) is 2.09. The van der Waals surface area contributed by atoms with Crippen LogP contribution in [-0.4, -0.2) is 12.0 Å². The molecule has 11 heavy (non-hydrogen) atoms. The molecule has 0 aliphatic rings. The SMILES string of the molecule is C#CC(=O)CCCC(F)C#C. The highest BCUT2D eigenvalue weighted by atomic mass is 19.1. The fraction of sp³-hybridized carbons (Fsp3) is 0.444. The lowest BCUT2D eigenvalue weighted by atomic mass is 10.1. The maximum Gasteiger partial charge on any atom is 0.205 e. The average Bonchev–Trinajstić information content (AvgIpc) is 2.04. The van der Waals surface area contributed by atoms with Gasteiger partial charge in [0, 0.05) is 6.42 Å². The molecule has 1 nitrogen and oxygen atoms in total. The molecule has 58 valence electrons. The van der Waals surface area contributed by atoms with Gasteiger partial charge in [-0.3, -0.25) is 4.79 Å². The second kappa shape index (κ2) is 5.50. The normalized spacial score (nSPS) is 11.2. The summed E-state index contributed by atoms with van der Waals surface area (Å²) in [5.41, 5.74) is 0. The number of carbonyl (C=O) groups is 1. The van der Waals surface area contributed by atoms with Crippen LogP contribution in [0.25, 0.3) is 0 Å². The van der Waals surface area contributed by atoms with Crippen LogP contribution in [0.3, 0.4) is 0 Å². The summed E-state index contributed by atoms with van der Waals surface area (Å²) in [6.45, 7) is 0. The molecule has 0 amide bonds. The predicted molar refractivity (Wildman–Crippen MR) is 41.4 cm³/mol. The van der Waals surface area contributed by atoms with Crippen LogP contribution in [0.2, 0.25) is 0 Å². The molecule has 0 aromatic carbocycles. The molecule has 0 fully saturated rings. The van der Waals surface area contributed by atoms with Crippen molar-refractivity contribution in [3.05, 3.63) is 0 Å². The van der Waals surface area contributed by atoms with Crippen LogP contribution in [0.5, 0.6) is 0 Å². The summed E-state index contributed by atoms with van der Waals surface area (Å²) in [5.74, 6) is 3.57. The molecule has 0 N–H and O–H groups in total. The monoisotopic (exact) mass is 152 g/mol. The van der Waals surface area contributed by atoms with Crippen molar-refractivity contribution in [2.75, 3.05) is 0 Å². The van der Waals surface area contributed by atoms with Crippen LogP contribution in [0.15, 0.2) is 0 Å². The Labute approximate surface area is 66.0 Å². The molecule has 0 saturated heterocycles. The van der Waals surface area contributed by atoms with E-state index in [1.54, 1.807) is 0 Å². The molecular weight excluding hydrogens is 143 g/mol. The highest BCUT2D eigenvalue weighted by Crippen LogP contribution is 2.03. The van der Waals surface area contributed by atoms with E-state index in [4.69, 9.17) is 12.8 Å². The first-order valence-electron chi connectivity index (χ1n) is 3.30. The van der Waals surface area contributed by atoms with Crippen molar-refractivity contribution >= 4 is 5.78 Å². The van der Waals surface area contributed by atoms with Gasteiger partial charge in [-0.2, -0.15) is 0 Å². The molecule has 0 aliphatic carbocycles. The van der Waals surface area contributed by atoms with Gasteiger partial charge in [0.2, 0.25) is 5.78 Å². The molecule has 0 aromatic rings. The van der Waals surface area contributed by atoms with E-state index in [1.807, 2.05) is 11.8 Å². The number of halogens is 1. The number of ketones is 1. The van der Waals surface area contributed by atoms with Crippen LogP contribution in [0, 0.1) is 24.7 Å². The number of rotatable bonds is 4. The van der Waals surface area contributed by atoms with E-state index < -0.39 is 6.17 Å². The van der Waals surface area contributed by atoms with Gasteiger partial charge in [-0.05, 0) is 18.8 Å². The third-order valence-corrected chi connectivity index (χ3v) is 1.20. The van der Waals surface area contributed by atoms with Crippen LogP contribution < -0.4 is 0 Å². The quantitative estimate of drug-likeness (QED) is 0.438. The zero-order chi connectivity index (χ0) is 8.69. The first-order valence-corrected chi connectivity index (χ1v) is 3.30. The zero-order valence-corrected chi connectivity index (χ0v) is 6.14. The summed E-state index contributed by atoms with van der Waals surface area (Å²) in [7, 11) is 0. The van der Waals surface area contributed by atoms with Gasteiger partial charge in [0.25, 0.3) is 0 Å². The number of hydrogen-bond donors (Lipinski definition) is 0. The van der Waals surface area contributed by atoms with E-state index >= 15 is 0 Å². The van der Waals surface area contributed by atoms with Crippen molar-refractivity contribution in [2.24, 2.45) is 0 Å². The van der Waals surface area contributed by atoms with E-state index in [0.717, 1.165) is 0 Å². The van der Waals surface area contributed by atoms with Crippen molar-refractivity contribution < 1.29 is 9.18 Å². The van der Waals surface area contributed by atoms with Gasteiger partial charge < -0.3 is 0 Å². The smallest absolute Gasteiger partial charge is 0.205 e. The number of carbonyl (C=O) groups excluding carboxylic acids is 1. The lowest BCUT2D eigenvalue weighted by Gasteiger charge is -1.96. The standard InChI is InChI=1S/C9H9FO/c1-3-8(10)6-5-7-9(11)4-2/h1-2,8H,5-7H2. The molecular formula is C9H9FO. The van der Waals surface area contributed by atoms with Crippen LogP contribution in [0.4, 0.5) is 4.39 Å². The molecule has 0 saturated carbocycles. The van der Waals surface area contributed by atoms with E-state index in [1.165, 1.54) is 0 Å². The highest BCUT2D eigenvalue weighted by molar-refractivity contribution is 5.94. The van der Waals surface area contributed by atoms with Gasteiger partial charge in [-0.1, -0.05) is 5.92 Å². The Morgan fingerprint density at radius 2 is 2.18 bits per heavy atom. The third kappa shape index (κ3) is 5.18. The Bertz CT molecular complexity index is 207. The summed E-state index contributed by atoms with van der Waals surface area (Å²) >= 11 is 0. The van der Waals surface area contributed by atoms with Crippen molar-refractivity contribution in [1.29, 1.82) is 0 Å². The van der Waals surface area contributed by atoms with Crippen LogP contribution in [-0.2, 0) is 4.79 Å². The second-order valence-electron chi connectivity index (χ2n) is 2.09. The number of Topliss-reactive ketones (excluding diaryl/α,β-unsaturated/α-hetero) is 1. The molecule has 0 heterocycles. The topological polar surface area (TPSA) is 17.1 Å². The molecule has 0 radical (unpaired) electrons. The van der Waals surface area contributed by atoms with Crippen LogP contribution in [0.1, 0.15) is 19.3 Å². The fourth-order valence-electron chi connectivity index (χ4n) is 0.597. The van der Waals surface area contributed by atoms with E-state index in [9.17, 15) is 9.18 Å². The van der Waals surface area contributed by atoms with Gasteiger partial charge in [0.15, 0.2) is 6.17 Å². The van der Waals surface area contributed by atoms with Gasteiger partial charge in [-0.25, -0.2) is 4.39 Å². The molecule has 0 bridgehead atoms. The van der Waals surface area contributed by atoms with Gasteiger partial charge in [0.1, 0.15) is 0 Å². The minimum atomic E-state index is -1.25. The number of hydrogen-bond acceptors (Lipinski definition) is 1. The Balaban J connectivity index is 3.38. The lowest BCUT2D eigenvalue weighted by Crippen LogP contribution is -1.98. The minimum absolute atomic E-state index is 0.212. The van der Waals surface area contributed by atoms with E-state index in [0.29, 0.717) is 6.42 Å². The minimum Gasteiger partial charge on any atom is -0.285 e. The Kier molecular flexibility index (Phi) is 4.86. The number of terminal acetylenes is 2.